The zero-order valence-corrected chi connectivity index (χ0v) is 19.0. The van der Waals surface area contributed by atoms with E-state index in [9.17, 15) is 4.79 Å². The van der Waals surface area contributed by atoms with Crippen LogP contribution in [0.2, 0.25) is 10.0 Å². The van der Waals surface area contributed by atoms with E-state index >= 15 is 0 Å². The molecule has 3 aromatic rings. The summed E-state index contributed by atoms with van der Waals surface area (Å²) in [6.45, 7) is 6.09. The van der Waals surface area contributed by atoms with Crippen LogP contribution in [-0.2, 0) is 11.3 Å². The van der Waals surface area contributed by atoms with Crippen molar-refractivity contribution in [2.24, 2.45) is 5.92 Å². The first-order valence-electron chi connectivity index (χ1n) is 10.3. The van der Waals surface area contributed by atoms with Crippen LogP contribution >= 0.6 is 23.2 Å². The number of hydrogen-bond acceptors (Lipinski definition) is 5. The fourth-order valence-electron chi connectivity index (χ4n) is 3.83. The molecule has 0 bridgehead atoms. The van der Waals surface area contributed by atoms with Gasteiger partial charge in [-0.25, -0.2) is 0 Å². The summed E-state index contributed by atoms with van der Waals surface area (Å²) >= 11 is 12.2. The molecule has 1 aromatic heterocycles. The van der Waals surface area contributed by atoms with Crippen LogP contribution in [-0.4, -0.2) is 34.0 Å². The summed E-state index contributed by atoms with van der Waals surface area (Å²) in [6, 6.07) is 11.1. The standard InChI is InChI=1S/C23H24Cl2N4O2/c1-14-5-3-7-20(15(14)2)26-23(30)16-6-4-10-29(12-16)13-21-27-22(28-31-21)18-9-8-17(24)11-19(18)25/h3,5,7-9,11,16H,4,6,10,12-13H2,1-2H3,(H,26,30). The molecule has 31 heavy (non-hydrogen) atoms. The second kappa shape index (κ2) is 9.39. The molecule has 1 aliphatic heterocycles. The number of halogens is 2. The van der Waals surface area contributed by atoms with Gasteiger partial charge >= 0.3 is 0 Å². The number of carbonyl (C=O) groups excluding carboxylic acids is 1. The lowest BCUT2D eigenvalue weighted by atomic mass is 9.96. The Labute approximate surface area is 191 Å². The van der Waals surface area contributed by atoms with Gasteiger partial charge in [0.25, 0.3) is 0 Å². The number of amides is 1. The number of rotatable bonds is 5. The van der Waals surface area contributed by atoms with Gasteiger partial charge in [0.05, 0.1) is 17.5 Å². The van der Waals surface area contributed by atoms with Gasteiger partial charge in [-0.3, -0.25) is 9.69 Å². The van der Waals surface area contributed by atoms with Crippen molar-refractivity contribution in [2.75, 3.05) is 18.4 Å². The smallest absolute Gasteiger partial charge is 0.241 e. The van der Waals surface area contributed by atoms with Crippen molar-refractivity contribution in [1.29, 1.82) is 0 Å². The number of likely N-dealkylation sites (tertiary alicyclic amines) is 1. The molecule has 0 spiro atoms. The predicted octanol–water partition coefficient (Wildman–Crippen LogP) is 5.51. The van der Waals surface area contributed by atoms with E-state index in [0.29, 0.717) is 40.4 Å². The number of benzene rings is 2. The van der Waals surface area contributed by atoms with Crippen LogP contribution in [0, 0.1) is 19.8 Å². The second-order valence-corrected chi connectivity index (χ2v) is 8.79. The molecule has 1 unspecified atom stereocenters. The maximum absolute atomic E-state index is 12.9. The van der Waals surface area contributed by atoms with Gasteiger partial charge in [-0.1, -0.05) is 40.5 Å². The van der Waals surface area contributed by atoms with Crippen molar-refractivity contribution in [3.8, 4) is 11.4 Å². The van der Waals surface area contributed by atoms with Crippen molar-refractivity contribution in [3.63, 3.8) is 0 Å². The van der Waals surface area contributed by atoms with E-state index in [4.69, 9.17) is 27.7 Å². The van der Waals surface area contributed by atoms with Crippen LogP contribution in [0.3, 0.4) is 0 Å². The highest BCUT2D eigenvalue weighted by Crippen LogP contribution is 2.29. The van der Waals surface area contributed by atoms with E-state index in [1.165, 1.54) is 0 Å². The minimum absolute atomic E-state index is 0.0533. The molecule has 1 amide bonds. The SMILES string of the molecule is Cc1cccc(NC(=O)C2CCCN(Cc3nc(-c4ccc(Cl)cc4Cl)no3)C2)c1C. The Morgan fingerprint density at radius 1 is 1.26 bits per heavy atom. The van der Waals surface area contributed by atoms with Crippen molar-refractivity contribution in [1.82, 2.24) is 15.0 Å². The minimum Gasteiger partial charge on any atom is -0.338 e. The molecule has 0 radical (unpaired) electrons. The summed E-state index contributed by atoms with van der Waals surface area (Å²) in [7, 11) is 0. The average molecular weight is 459 g/mol. The van der Waals surface area contributed by atoms with Gasteiger partial charge < -0.3 is 9.84 Å². The average Bonchev–Trinajstić information content (AvgIpc) is 3.19. The first kappa shape index (κ1) is 21.8. The maximum atomic E-state index is 12.9. The fraction of sp³-hybridized carbons (Fsp3) is 0.348. The highest BCUT2D eigenvalue weighted by atomic mass is 35.5. The number of anilines is 1. The molecule has 1 saturated heterocycles. The molecule has 4 rings (SSSR count). The number of piperidine rings is 1. The summed E-state index contributed by atoms with van der Waals surface area (Å²) in [5.74, 6) is 0.897. The first-order chi connectivity index (χ1) is 14.9. The molecule has 2 heterocycles. The van der Waals surface area contributed by atoms with Gasteiger partial charge in [0.15, 0.2) is 0 Å². The minimum atomic E-state index is -0.0817. The molecule has 6 nitrogen and oxygen atoms in total. The Hall–Kier alpha value is -2.41. The van der Waals surface area contributed by atoms with Crippen molar-refractivity contribution in [2.45, 2.75) is 33.2 Å². The van der Waals surface area contributed by atoms with Crippen LogP contribution in [0.25, 0.3) is 11.4 Å². The van der Waals surface area contributed by atoms with Gasteiger partial charge in [0, 0.05) is 22.8 Å². The number of nitrogens with one attached hydrogen (secondary N) is 1. The van der Waals surface area contributed by atoms with E-state index < -0.39 is 0 Å². The Bertz CT molecular complexity index is 1100. The Morgan fingerprint density at radius 3 is 2.90 bits per heavy atom. The molecule has 162 valence electrons. The van der Waals surface area contributed by atoms with Crippen molar-refractivity contribution >= 4 is 34.8 Å². The second-order valence-electron chi connectivity index (χ2n) is 7.95. The van der Waals surface area contributed by atoms with Crippen LogP contribution < -0.4 is 5.32 Å². The van der Waals surface area contributed by atoms with E-state index in [1.807, 2.05) is 32.0 Å². The fourth-order valence-corrected chi connectivity index (χ4v) is 4.32. The Balaban J connectivity index is 1.39. The molecular formula is C23H24Cl2N4O2. The summed E-state index contributed by atoms with van der Waals surface area (Å²) in [6.07, 6.45) is 1.80. The van der Waals surface area contributed by atoms with E-state index in [2.05, 4.69) is 20.4 Å². The normalized spacial score (nSPS) is 17.0. The number of hydrogen-bond donors (Lipinski definition) is 1. The zero-order valence-electron chi connectivity index (χ0n) is 17.5. The maximum Gasteiger partial charge on any atom is 0.241 e. The third kappa shape index (κ3) is 5.09. The van der Waals surface area contributed by atoms with Crippen LogP contribution in [0.1, 0.15) is 29.9 Å². The monoisotopic (exact) mass is 458 g/mol. The number of carbonyl (C=O) groups is 1. The number of aryl methyl sites for hydroxylation is 1. The molecule has 2 aromatic carbocycles. The van der Waals surface area contributed by atoms with Gasteiger partial charge in [0.2, 0.25) is 17.6 Å². The molecule has 1 N–H and O–H groups in total. The summed E-state index contributed by atoms with van der Waals surface area (Å²) < 4.78 is 5.43. The first-order valence-corrected chi connectivity index (χ1v) is 11.0. The van der Waals surface area contributed by atoms with Crippen molar-refractivity contribution in [3.05, 3.63) is 63.5 Å². The lowest BCUT2D eigenvalue weighted by molar-refractivity contribution is -0.121. The van der Waals surface area contributed by atoms with Crippen LogP contribution in [0.15, 0.2) is 40.9 Å². The van der Waals surface area contributed by atoms with Gasteiger partial charge in [-0.05, 0) is 68.6 Å². The number of aromatic nitrogens is 2. The highest BCUT2D eigenvalue weighted by molar-refractivity contribution is 6.36. The largest absolute Gasteiger partial charge is 0.338 e. The molecule has 0 aliphatic carbocycles. The molecule has 1 fully saturated rings. The lowest BCUT2D eigenvalue weighted by Crippen LogP contribution is -2.40. The molecule has 1 atom stereocenters. The quantitative estimate of drug-likeness (QED) is 0.545. The van der Waals surface area contributed by atoms with Crippen LogP contribution in [0.4, 0.5) is 5.69 Å². The van der Waals surface area contributed by atoms with E-state index in [-0.39, 0.29) is 11.8 Å². The molecule has 1 aliphatic rings. The van der Waals surface area contributed by atoms with Gasteiger partial charge in [-0.2, -0.15) is 4.98 Å². The summed E-state index contributed by atoms with van der Waals surface area (Å²) in [5.41, 5.74) is 3.81. The lowest BCUT2D eigenvalue weighted by Gasteiger charge is -2.31. The third-order valence-corrected chi connectivity index (χ3v) is 6.29. The summed E-state index contributed by atoms with van der Waals surface area (Å²) in [5, 5.41) is 8.17. The molecular weight excluding hydrogens is 435 g/mol. The van der Waals surface area contributed by atoms with Gasteiger partial charge in [-0.15, -0.1) is 0 Å². The van der Waals surface area contributed by atoms with E-state index in [0.717, 1.165) is 36.2 Å². The molecule has 8 heteroatoms. The zero-order chi connectivity index (χ0) is 22.0. The Morgan fingerprint density at radius 2 is 2.10 bits per heavy atom. The van der Waals surface area contributed by atoms with Crippen molar-refractivity contribution < 1.29 is 9.32 Å². The topological polar surface area (TPSA) is 71.3 Å². The van der Waals surface area contributed by atoms with Gasteiger partial charge in [0.1, 0.15) is 0 Å². The Kier molecular flexibility index (Phi) is 6.60. The molecule has 0 saturated carbocycles. The third-order valence-electron chi connectivity index (χ3n) is 5.74. The predicted molar refractivity (Wildman–Crippen MR) is 122 cm³/mol. The number of nitrogens with zero attached hydrogens (tertiary/aromatic N) is 3. The highest BCUT2D eigenvalue weighted by Gasteiger charge is 2.27. The summed E-state index contributed by atoms with van der Waals surface area (Å²) in [4.78, 5) is 19.5. The van der Waals surface area contributed by atoms with E-state index in [1.54, 1.807) is 18.2 Å². The van der Waals surface area contributed by atoms with Crippen LogP contribution in [0.5, 0.6) is 0 Å².